The van der Waals surface area contributed by atoms with Crippen LogP contribution in [0, 0.1) is 12.7 Å². The smallest absolute Gasteiger partial charge is 0.165 e. The molecule has 0 aliphatic carbocycles. The van der Waals surface area contributed by atoms with Crippen LogP contribution in [0.5, 0.6) is 5.75 Å². The minimum absolute atomic E-state index is 0.00351. The van der Waals surface area contributed by atoms with E-state index in [9.17, 15) is 4.39 Å². The lowest BCUT2D eigenvalue weighted by atomic mass is 10.1. The number of halogens is 1. The second-order valence-corrected chi connectivity index (χ2v) is 6.09. The second kappa shape index (κ2) is 6.26. The number of aryl methyl sites for hydroxylation is 1. The summed E-state index contributed by atoms with van der Waals surface area (Å²) in [6.45, 7) is 8.81. The van der Waals surface area contributed by atoms with Crippen molar-refractivity contribution < 1.29 is 13.7 Å². The quantitative estimate of drug-likeness (QED) is 0.915. The van der Waals surface area contributed by atoms with Gasteiger partial charge in [-0.2, -0.15) is 0 Å². The molecule has 1 aromatic carbocycles. The van der Waals surface area contributed by atoms with Gasteiger partial charge in [0.2, 0.25) is 0 Å². The number of ether oxygens (including phenoxy) is 1. The van der Waals surface area contributed by atoms with E-state index in [1.54, 1.807) is 19.1 Å². The Morgan fingerprint density at radius 1 is 1.29 bits per heavy atom. The van der Waals surface area contributed by atoms with Crippen molar-refractivity contribution in [1.29, 1.82) is 0 Å². The molecule has 0 aliphatic heterocycles. The first-order valence-corrected chi connectivity index (χ1v) is 6.92. The summed E-state index contributed by atoms with van der Waals surface area (Å²) in [4.78, 5) is 0. The molecule has 4 nitrogen and oxygen atoms in total. The summed E-state index contributed by atoms with van der Waals surface area (Å²) < 4.78 is 24.3. The molecule has 2 rings (SSSR count). The van der Waals surface area contributed by atoms with Crippen LogP contribution >= 0.6 is 0 Å². The molecule has 0 saturated heterocycles. The van der Waals surface area contributed by atoms with Crippen molar-refractivity contribution in [3.05, 3.63) is 47.1 Å². The first-order chi connectivity index (χ1) is 9.83. The third-order valence-corrected chi connectivity index (χ3v) is 2.87. The molecule has 0 aliphatic rings. The van der Waals surface area contributed by atoms with Gasteiger partial charge >= 0.3 is 0 Å². The van der Waals surface area contributed by atoms with E-state index >= 15 is 0 Å². The normalized spacial score (nSPS) is 11.7. The maximum absolute atomic E-state index is 14.0. The van der Waals surface area contributed by atoms with Crippen molar-refractivity contribution in [3.63, 3.8) is 0 Å². The maximum atomic E-state index is 14.0. The van der Waals surface area contributed by atoms with Crippen molar-refractivity contribution in [2.24, 2.45) is 0 Å². The van der Waals surface area contributed by atoms with Crippen molar-refractivity contribution in [3.8, 4) is 5.75 Å². The van der Waals surface area contributed by atoms with Crippen LogP contribution in [0.1, 0.15) is 37.8 Å². The molecule has 0 saturated carbocycles. The molecule has 0 spiro atoms. The van der Waals surface area contributed by atoms with Crippen LogP contribution in [-0.2, 0) is 13.2 Å². The van der Waals surface area contributed by atoms with Gasteiger partial charge in [-0.25, -0.2) is 4.39 Å². The van der Waals surface area contributed by atoms with E-state index < -0.39 is 0 Å². The van der Waals surface area contributed by atoms with Crippen molar-refractivity contribution in [1.82, 2.24) is 10.5 Å². The largest absolute Gasteiger partial charge is 0.484 e. The average Bonchev–Trinajstić information content (AvgIpc) is 2.80. The van der Waals surface area contributed by atoms with Crippen LogP contribution in [-0.4, -0.2) is 10.7 Å². The molecular formula is C16H21FN2O2. The molecule has 0 fully saturated rings. The summed E-state index contributed by atoms with van der Waals surface area (Å²) in [6.07, 6.45) is 0. The minimum atomic E-state index is -0.372. The topological polar surface area (TPSA) is 47.3 Å². The van der Waals surface area contributed by atoms with E-state index in [0.717, 1.165) is 5.56 Å². The van der Waals surface area contributed by atoms with Crippen LogP contribution in [0.15, 0.2) is 28.8 Å². The lowest BCUT2D eigenvalue weighted by Gasteiger charge is -2.20. The van der Waals surface area contributed by atoms with E-state index in [-0.39, 0.29) is 23.7 Å². The Morgan fingerprint density at radius 3 is 2.62 bits per heavy atom. The van der Waals surface area contributed by atoms with E-state index in [1.807, 2.05) is 6.07 Å². The number of aromatic nitrogens is 1. The lowest BCUT2D eigenvalue weighted by Crippen LogP contribution is -2.35. The first kappa shape index (κ1) is 15.5. The van der Waals surface area contributed by atoms with E-state index in [0.29, 0.717) is 18.0 Å². The SMILES string of the molecule is Cc1cc(COc2ccc(CNC(C)(C)C)cc2F)no1. The summed E-state index contributed by atoms with van der Waals surface area (Å²) in [5.41, 5.74) is 1.52. The van der Waals surface area contributed by atoms with E-state index in [2.05, 4.69) is 31.2 Å². The van der Waals surface area contributed by atoms with Crippen LogP contribution < -0.4 is 10.1 Å². The maximum Gasteiger partial charge on any atom is 0.165 e. The summed E-state index contributed by atoms with van der Waals surface area (Å²) in [6, 6.07) is 6.74. The van der Waals surface area contributed by atoms with Gasteiger partial charge in [0.15, 0.2) is 11.6 Å². The second-order valence-electron chi connectivity index (χ2n) is 6.09. The van der Waals surface area contributed by atoms with Gasteiger partial charge in [0.05, 0.1) is 0 Å². The van der Waals surface area contributed by atoms with Crippen molar-refractivity contribution in [2.45, 2.75) is 46.4 Å². The fraction of sp³-hybridized carbons (Fsp3) is 0.438. The highest BCUT2D eigenvalue weighted by atomic mass is 19.1. The highest BCUT2D eigenvalue weighted by Crippen LogP contribution is 2.20. The van der Waals surface area contributed by atoms with Gasteiger partial charge in [-0.15, -0.1) is 0 Å². The van der Waals surface area contributed by atoms with Crippen LogP contribution in [0.25, 0.3) is 0 Å². The van der Waals surface area contributed by atoms with E-state index in [4.69, 9.17) is 9.26 Å². The van der Waals surface area contributed by atoms with Crippen molar-refractivity contribution in [2.75, 3.05) is 0 Å². The Hall–Kier alpha value is -1.88. The van der Waals surface area contributed by atoms with Gasteiger partial charge in [0.1, 0.15) is 18.1 Å². The Morgan fingerprint density at radius 2 is 2.05 bits per heavy atom. The van der Waals surface area contributed by atoms with E-state index in [1.165, 1.54) is 6.07 Å². The summed E-state index contributed by atoms with van der Waals surface area (Å²) in [5, 5.41) is 7.12. The molecule has 0 unspecified atom stereocenters. The number of benzene rings is 1. The molecule has 2 aromatic rings. The monoisotopic (exact) mass is 292 g/mol. The minimum Gasteiger partial charge on any atom is -0.484 e. The molecule has 0 atom stereocenters. The molecule has 0 radical (unpaired) electrons. The Balaban J connectivity index is 1.95. The third kappa shape index (κ3) is 4.86. The Labute approximate surface area is 124 Å². The van der Waals surface area contributed by atoms with Crippen molar-refractivity contribution >= 4 is 0 Å². The van der Waals surface area contributed by atoms with Gasteiger partial charge in [-0.05, 0) is 45.4 Å². The zero-order valence-electron chi connectivity index (χ0n) is 12.9. The first-order valence-electron chi connectivity index (χ1n) is 6.92. The molecule has 114 valence electrons. The zero-order valence-corrected chi connectivity index (χ0v) is 12.9. The molecule has 0 amide bonds. The highest BCUT2D eigenvalue weighted by Gasteiger charge is 2.11. The van der Waals surface area contributed by atoms with Gasteiger partial charge in [-0.3, -0.25) is 0 Å². The molecule has 5 heteroatoms. The predicted octanol–water partition coefficient (Wildman–Crippen LogP) is 3.59. The molecule has 0 bridgehead atoms. The molecule has 1 N–H and O–H groups in total. The summed E-state index contributed by atoms with van der Waals surface area (Å²) in [7, 11) is 0. The Kier molecular flexibility index (Phi) is 4.63. The number of nitrogens with zero attached hydrogens (tertiary/aromatic N) is 1. The van der Waals surface area contributed by atoms with Crippen LogP contribution in [0.4, 0.5) is 4.39 Å². The summed E-state index contributed by atoms with van der Waals surface area (Å²) >= 11 is 0. The molecule has 21 heavy (non-hydrogen) atoms. The third-order valence-electron chi connectivity index (χ3n) is 2.87. The molecule has 1 heterocycles. The van der Waals surface area contributed by atoms with Gasteiger partial charge < -0.3 is 14.6 Å². The molecule has 1 aromatic heterocycles. The zero-order chi connectivity index (χ0) is 15.5. The number of hydrogen-bond acceptors (Lipinski definition) is 4. The fourth-order valence-electron chi connectivity index (χ4n) is 1.78. The van der Waals surface area contributed by atoms with Gasteiger partial charge in [-0.1, -0.05) is 11.2 Å². The standard InChI is InChI=1S/C16H21FN2O2/c1-11-7-13(19-21-11)10-20-15-6-5-12(8-14(15)17)9-18-16(2,3)4/h5-8,18H,9-10H2,1-4H3. The lowest BCUT2D eigenvalue weighted by molar-refractivity contribution is 0.275. The molecular weight excluding hydrogens is 271 g/mol. The summed E-state index contributed by atoms with van der Waals surface area (Å²) in [5.74, 6) is 0.552. The van der Waals surface area contributed by atoms with Crippen LogP contribution in [0.2, 0.25) is 0 Å². The predicted molar refractivity (Wildman–Crippen MR) is 78.6 cm³/mol. The number of nitrogens with one attached hydrogen (secondary N) is 1. The van der Waals surface area contributed by atoms with Gasteiger partial charge in [0, 0.05) is 18.2 Å². The fourth-order valence-corrected chi connectivity index (χ4v) is 1.78. The van der Waals surface area contributed by atoms with Gasteiger partial charge in [0.25, 0.3) is 0 Å². The number of hydrogen-bond donors (Lipinski definition) is 1. The average molecular weight is 292 g/mol. The number of rotatable bonds is 5. The highest BCUT2D eigenvalue weighted by molar-refractivity contribution is 5.29. The van der Waals surface area contributed by atoms with Crippen LogP contribution in [0.3, 0.4) is 0 Å². The Bertz CT molecular complexity index is 603.